The van der Waals surface area contributed by atoms with Crippen molar-refractivity contribution in [2.45, 2.75) is 12.0 Å². The summed E-state index contributed by atoms with van der Waals surface area (Å²) in [6, 6.07) is 16.2. The van der Waals surface area contributed by atoms with Gasteiger partial charge in [-0.2, -0.15) is 0 Å². The van der Waals surface area contributed by atoms with Gasteiger partial charge in [0, 0.05) is 17.9 Å². The van der Waals surface area contributed by atoms with E-state index < -0.39 is 5.60 Å². The topological polar surface area (TPSA) is 82.1 Å². The van der Waals surface area contributed by atoms with Crippen molar-refractivity contribution in [3.05, 3.63) is 60.2 Å². The van der Waals surface area contributed by atoms with Crippen molar-refractivity contribution in [2.24, 2.45) is 0 Å². The second-order valence-corrected chi connectivity index (χ2v) is 6.82. The van der Waals surface area contributed by atoms with Gasteiger partial charge in [0.1, 0.15) is 12.2 Å². The first kappa shape index (κ1) is 17.4. The number of rotatable bonds is 3. The molecule has 0 radical (unpaired) electrons. The Kier molecular flexibility index (Phi) is 4.45. The Morgan fingerprint density at radius 3 is 2.67 bits per heavy atom. The molecule has 3 amide bonds. The van der Waals surface area contributed by atoms with Gasteiger partial charge >= 0.3 is 12.1 Å². The van der Waals surface area contributed by atoms with Crippen molar-refractivity contribution in [1.82, 2.24) is 4.90 Å². The van der Waals surface area contributed by atoms with E-state index >= 15 is 0 Å². The zero-order valence-electron chi connectivity index (χ0n) is 14.8. The molecule has 2 aromatic carbocycles. The Bertz CT molecular complexity index is 857. The number of urea groups is 1. The van der Waals surface area contributed by atoms with Gasteiger partial charge in [-0.25, -0.2) is 9.59 Å². The minimum Gasteiger partial charge on any atom is -0.447 e. The van der Waals surface area contributed by atoms with E-state index in [2.05, 4.69) is 5.32 Å². The van der Waals surface area contributed by atoms with Crippen molar-refractivity contribution < 1.29 is 19.4 Å². The first-order valence-corrected chi connectivity index (χ1v) is 8.93. The van der Waals surface area contributed by atoms with Crippen molar-refractivity contribution in [1.29, 1.82) is 0 Å². The summed E-state index contributed by atoms with van der Waals surface area (Å²) in [5.41, 5.74) is 1.06. The number of amides is 3. The molecule has 2 saturated heterocycles. The number of hydrogen-bond acceptors (Lipinski definition) is 4. The van der Waals surface area contributed by atoms with Gasteiger partial charge in [0.25, 0.3) is 0 Å². The standard InChI is InChI=1S/C20H21N3O4/c24-18(22-10-9-20(26,14-22)15-5-2-1-3-6-15)21-16-7-4-8-17(13-16)23-11-12-27-19(23)25/h1-8,13,26H,9-12,14H2,(H,21,24)/t20-/m1/s1. The van der Waals surface area contributed by atoms with E-state index in [0.717, 1.165) is 5.56 Å². The molecule has 4 rings (SSSR count). The van der Waals surface area contributed by atoms with Crippen molar-refractivity contribution in [3.8, 4) is 0 Å². The van der Waals surface area contributed by atoms with Crippen LogP contribution in [0.2, 0.25) is 0 Å². The summed E-state index contributed by atoms with van der Waals surface area (Å²) in [6.07, 6.45) is 0.107. The van der Waals surface area contributed by atoms with Crippen molar-refractivity contribution in [3.63, 3.8) is 0 Å². The highest BCUT2D eigenvalue weighted by Crippen LogP contribution is 2.32. The summed E-state index contributed by atoms with van der Waals surface area (Å²) in [5, 5.41) is 13.7. The molecule has 1 atom stereocenters. The average Bonchev–Trinajstić information content (AvgIpc) is 3.29. The number of nitrogens with one attached hydrogen (secondary N) is 1. The molecule has 2 heterocycles. The maximum absolute atomic E-state index is 12.6. The van der Waals surface area contributed by atoms with Crippen LogP contribution in [0.1, 0.15) is 12.0 Å². The molecule has 2 aromatic rings. The average molecular weight is 367 g/mol. The molecule has 2 aliphatic rings. The number of likely N-dealkylation sites (tertiary alicyclic amines) is 1. The van der Waals surface area contributed by atoms with Gasteiger partial charge in [-0.15, -0.1) is 0 Å². The van der Waals surface area contributed by atoms with E-state index in [4.69, 9.17) is 4.74 Å². The molecule has 7 nitrogen and oxygen atoms in total. The first-order valence-electron chi connectivity index (χ1n) is 8.93. The molecule has 0 saturated carbocycles. The molecular weight excluding hydrogens is 346 g/mol. The lowest BCUT2D eigenvalue weighted by Gasteiger charge is -2.24. The summed E-state index contributed by atoms with van der Waals surface area (Å²) < 4.78 is 4.95. The van der Waals surface area contributed by atoms with Gasteiger partial charge in [0.2, 0.25) is 0 Å². The van der Waals surface area contributed by atoms with Gasteiger partial charge in [0.15, 0.2) is 0 Å². The molecule has 0 bridgehead atoms. The minimum atomic E-state index is -1.03. The number of benzene rings is 2. The quantitative estimate of drug-likeness (QED) is 0.874. The summed E-state index contributed by atoms with van der Waals surface area (Å²) in [5.74, 6) is 0. The van der Waals surface area contributed by atoms with Gasteiger partial charge in [-0.3, -0.25) is 4.90 Å². The highest BCUT2D eigenvalue weighted by Gasteiger charge is 2.39. The third-order valence-electron chi connectivity index (χ3n) is 5.02. The zero-order chi connectivity index (χ0) is 18.9. The van der Waals surface area contributed by atoms with Crippen LogP contribution in [0.5, 0.6) is 0 Å². The zero-order valence-corrected chi connectivity index (χ0v) is 14.8. The molecule has 27 heavy (non-hydrogen) atoms. The molecule has 0 spiro atoms. The highest BCUT2D eigenvalue weighted by molar-refractivity contribution is 5.93. The third-order valence-corrected chi connectivity index (χ3v) is 5.02. The minimum absolute atomic E-state index is 0.237. The van der Waals surface area contributed by atoms with E-state index in [1.807, 2.05) is 30.3 Å². The van der Waals surface area contributed by atoms with Gasteiger partial charge in [-0.1, -0.05) is 36.4 Å². The number of ether oxygens (including phenoxy) is 1. The lowest BCUT2D eigenvalue weighted by Crippen LogP contribution is -2.37. The Balaban J connectivity index is 1.43. The molecule has 0 aliphatic carbocycles. The lowest BCUT2D eigenvalue weighted by atomic mass is 9.93. The van der Waals surface area contributed by atoms with E-state index in [9.17, 15) is 14.7 Å². The molecule has 0 unspecified atom stereocenters. The predicted octanol–water partition coefficient (Wildman–Crippen LogP) is 2.77. The van der Waals surface area contributed by atoms with Crippen LogP contribution in [0.4, 0.5) is 21.0 Å². The van der Waals surface area contributed by atoms with Crippen LogP contribution in [-0.4, -0.2) is 48.4 Å². The number of cyclic esters (lactones) is 1. The molecule has 2 N–H and O–H groups in total. The molecule has 7 heteroatoms. The Hall–Kier alpha value is -3.06. The number of carbonyl (C=O) groups excluding carboxylic acids is 2. The number of hydrogen-bond donors (Lipinski definition) is 2. The van der Waals surface area contributed by atoms with E-state index in [0.29, 0.717) is 37.5 Å². The maximum Gasteiger partial charge on any atom is 0.414 e. The van der Waals surface area contributed by atoms with Gasteiger partial charge < -0.3 is 20.1 Å². The Morgan fingerprint density at radius 1 is 1.11 bits per heavy atom. The van der Waals surface area contributed by atoms with Crippen LogP contribution in [0.3, 0.4) is 0 Å². The number of aliphatic hydroxyl groups is 1. The summed E-state index contributed by atoms with van der Waals surface area (Å²) in [4.78, 5) is 27.5. The number of anilines is 2. The number of β-amino-alcohol motifs (C(OH)–C–C–N with tert-alkyl or cyclic N) is 1. The molecule has 0 aromatic heterocycles. The van der Waals surface area contributed by atoms with Gasteiger partial charge in [-0.05, 0) is 30.2 Å². The molecule has 2 aliphatic heterocycles. The number of carbonyl (C=O) groups is 2. The van der Waals surface area contributed by atoms with Crippen LogP contribution < -0.4 is 10.2 Å². The van der Waals surface area contributed by atoms with Crippen molar-refractivity contribution in [2.75, 3.05) is 36.5 Å². The molecular formula is C20H21N3O4. The van der Waals surface area contributed by atoms with E-state index in [1.165, 1.54) is 4.90 Å². The first-order chi connectivity index (χ1) is 13.0. The van der Waals surface area contributed by atoms with Crippen molar-refractivity contribution >= 4 is 23.5 Å². The summed E-state index contributed by atoms with van der Waals surface area (Å²) in [7, 11) is 0. The SMILES string of the molecule is O=C(Nc1cccc(N2CCOC2=O)c1)N1CC[C@](O)(c2ccccc2)C1. The van der Waals surface area contributed by atoms with Crippen LogP contribution in [0.25, 0.3) is 0 Å². The van der Waals surface area contributed by atoms with E-state index in [-0.39, 0.29) is 18.7 Å². The fraction of sp³-hybridized carbons (Fsp3) is 0.300. The second-order valence-electron chi connectivity index (χ2n) is 6.82. The van der Waals surface area contributed by atoms with Crippen LogP contribution in [-0.2, 0) is 10.3 Å². The second kappa shape index (κ2) is 6.92. The highest BCUT2D eigenvalue weighted by atomic mass is 16.6. The Morgan fingerprint density at radius 2 is 1.93 bits per heavy atom. The Labute approximate surface area is 157 Å². The number of nitrogens with zero attached hydrogens (tertiary/aromatic N) is 2. The summed E-state index contributed by atoms with van der Waals surface area (Å²) in [6.45, 7) is 1.56. The largest absolute Gasteiger partial charge is 0.447 e. The lowest BCUT2D eigenvalue weighted by molar-refractivity contribution is 0.0500. The fourth-order valence-corrected chi connectivity index (χ4v) is 3.53. The summed E-state index contributed by atoms with van der Waals surface area (Å²) >= 11 is 0. The normalized spacial score (nSPS) is 22.0. The third kappa shape index (κ3) is 3.46. The van der Waals surface area contributed by atoms with Gasteiger partial charge in [0.05, 0.1) is 13.1 Å². The monoisotopic (exact) mass is 367 g/mol. The van der Waals surface area contributed by atoms with E-state index in [1.54, 1.807) is 29.2 Å². The van der Waals surface area contributed by atoms with Crippen LogP contribution in [0.15, 0.2) is 54.6 Å². The fourth-order valence-electron chi connectivity index (χ4n) is 3.53. The van der Waals surface area contributed by atoms with Crippen LogP contribution in [0, 0.1) is 0 Å². The maximum atomic E-state index is 12.6. The molecule has 2 fully saturated rings. The molecule has 140 valence electrons. The smallest absolute Gasteiger partial charge is 0.414 e. The predicted molar refractivity (Wildman–Crippen MR) is 101 cm³/mol. The van der Waals surface area contributed by atoms with Crippen LogP contribution >= 0.6 is 0 Å².